The van der Waals surface area contributed by atoms with Crippen LogP contribution in [0.4, 0.5) is 0 Å². The van der Waals surface area contributed by atoms with E-state index in [1.807, 2.05) is 43.3 Å². The monoisotopic (exact) mass is 317 g/mol. The third kappa shape index (κ3) is 2.10. The number of benzene rings is 2. The summed E-state index contributed by atoms with van der Waals surface area (Å²) in [6.07, 6.45) is 0. The molecular weight excluding hydrogens is 306 g/mol. The van der Waals surface area contributed by atoms with Crippen LogP contribution in [0.1, 0.15) is 5.56 Å². The lowest BCUT2D eigenvalue weighted by Gasteiger charge is -2.10. The van der Waals surface area contributed by atoms with Gasteiger partial charge in [0, 0.05) is 0 Å². The lowest BCUT2D eigenvalue weighted by Crippen LogP contribution is -2.02. The average Bonchev–Trinajstić information content (AvgIpc) is 2.81. The van der Waals surface area contributed by atoms with Gasteiger partial charge in [0.1, 0.15) is 16.7 Å². The Bertz CT molecular complexity index is 719. The summed E-state index contributed by atoms with van der Waals surface area (Å²) in [5, 5.41) is 8.96. The van der Waals surface area contributed by atoms with E-state index in [1.165, 1.54) is 0 Å². The summed E-state index contributed by atoms with van der Waals surface area (Å²) >= 11 is 3.51. The van der Waals surface area contributed by atoms with E-state index >= 15 is 0 Å². The molecule has 96 valence electrons. The maximum Gasteiger partial charge on any atom is 0.160 e. The van der Waals surface area contributed by atoms with Crippen molar-refractivity contribution in [3.8, 4) is 11.4 Å². The molecule has 3 aromatic rings. The van der Waals surface area contributed by atoms with E-state index in [0.29, 0.717) is 0 Å². The second-order valence-corrected chi connectivity index (χ2v) is 5.13. The zero-order valence-electron chi connectivity index (χ0n) is 10.6. The molecule has 0 radical (unpaired) electrons. The molecule has 0 aliphatic heterocycles. The molecule has 0 fully saturated rings. The molecular formula is C14H12BrN3O. The van der Waals surface area contributed by atoms with Crippen molar-refractivity contribution in [1.82, 2.24) is 15.0 Å². The van der Waals surface area contributed by atoms with Gasteiger partial charge in [0.05, 0.1) is 11.6 Å². The number of rotatable bonds is 2. The molecule has 0 bridgehead atoms. The summed E-state index contributed by atoms with van der Waals surface area (Å²) in [6.45, 7) is 2.02. The van der Waals surface area contributed by atoms with Gasteiger partial charge in [0.25, 0.3) is 0 Å². The number of halogens is 1. The fraction of sp³-hybridized carbons (Fsp3) is 0.143. The van der Waals surface area contributed by atoms with Gasteiger partial charge in [-0.05, 0) is 52.7 Å². The van der Waals surface area contributed by atoms with E-state index in [-0.39, 0.29) is 0 Å². The maximum absolute atomic E-state index is 5.43. The van der Waals surface area contributed by atoms with Crippen molar-refractivity contribution in [2.75, 3.05) is 7.11 Å². The van der Waals surface area contributed by atoms with Crippen LogP contribution in [0.25, 0.3) is 16.7 Å². The summed E-state index contributed by atoms with van der Waals surface area (Å²) in [7, 11) is 1.64. The van der Waals surface area contributed by atoms with Crippen molar-refractivity contribution in [2.45, 2.75) is 6.92 Å². The molecule has 0 aliphatic carbocycles. The predicted octanol–water partition coefficient (Wildman–Crippen LogP) is 3.50. The van der Waals surface area contributed by atoms with Crippen molar-refractivity contribution in [1.29, 1.82) is 0 Å². The highest BCUT2D eigenvalue weighted by atomic mass is 79.9. The van der Waals surface area contributed by atoms with Crippen molar-refractivity contribution in [3.05, 3.63) is 46.4 Å². The molecule has 0 saturated heterocycles. The summed E-state index contributed by atoms with van der Waals surface area (Å²) in [5.41, 5.74) is 3.67. The number of hydrogen-bond donors (Lipinski definition) is 0. The molecule has 0 unspecified atom stereocenters. The summed E-state index contributed by atoms with van der Waals surface area (Å²) < 4.78 is 6.33. The normalized spacial score (nSPS) is 10.9. The Morgan fingerprint density at radius 2 is 1.74 bits per heavy atom. The smallest absolute Gasteiger partial charge is 0.160 e. The molecule has 4 nitrogen and oxygen atoms in total. The first-order valence-electron chi connectivity index (χ1n) is 5.85. The zero-order chi connectivity index (χ0) is 13.4. The number of aromatic nitrogens is 3. The highest BCUT2D eigenvalue weighted by molar-refractivity contribution is 9.10. The Morgan fingerprint density at radius 3 is 2.32 bits per heavy atom. The number of methoxy groups -OCH3 is 1. The number of fused-ring (bicyclic) bond motifs is 1. The molecule has 1 aromatic heterocycles. The molecule has 0 saturated carbocycles. The lowest BCUT2D eigenvalue weighted by molar-refractivity contribution is 0.407. The van der Waals surface area contributed by atoms with Crippen LogP contribution >= 0.6 is 15.9 Å². The van der Waals surface area contributed by atoms with Crippen molar-refractivity contribution >= 4 is 27.0 Å². The van der Waals surface area contributed by atoms with Gasteiger partial charge in [0.2, 0.25) is 0 Å². The fourth-order valence-corrected chi connectivity index (χ4v) is 2.75. The van der Waals surface area contributed by atoms with Gasteiger partial charge in [0.15, 0.2) is 5.75 Å². The Balaban J connectivity index is 2.25. The molecule has 0 spiro atoms. The Morgan fingerprint density at radius 1 is 1.11 bits per heavy atom. The molecule has 5 heteroatoms. The van der Waals surface area contributed by atoms with Gasteiger partial charge >= 0.3 is 0 Å². The van der Waals surface area contributed by atoms with Crippen molar-refractivity contribution in [3.63, 3.8) is 0 Å². The standard InChI is InChI=1S/C14H12BrN3O/c1-9-7-10(15)14(19-2)13(8-9)18-16-11-5-3-4-6-12(11)17-18/h3-8H,1-2H3. The van der Waals surface area contributed by atoms with E-state index in [4.69, 9.17) is 4.74 Å². The van der Waals surface area contributed by atoms with Gasteiger partial charge < -0.3 is 4.74 Å². The third-order valence-electron chi connectivity index (χ3n) is 2.87. The largest absolute Gasteiger partial charge is 0.493 e. The second kappa shape index (κ2) is 4.66. The molecule has 19 heavy (non-hydrogen) atoms. The van der Waals surface area contributed by atoms with Crippen LogP contribution in [-0.4, -0.2) is 22.1 Å². The Labute approximate surface area is 119 Å². The van der Waals surface area contributed by atoms with Crippen LogP contribution in [0.2, 0.25) is 0 Å². The minimum Gasteiger partial charge on any atom is -0.493 e. The van der Waals surface area contributed by atoms with Gasteiger partial charge in [-0.3, -0.25) is 0 Å². The quantitative estimate of drug-likeness (QED) is 0.726. The van der Waals surface area contributed by atoms with Crippen molar-refractivity contribution in [2.24, 2.45) is 0 Å². The number of nitrogens with zero attached hydrogens (tertiary/aromatic N) is 3. The van der Waals surface area contributed by atoms with E-state index in [1.54, 1.807) is 11.9 Å². The summed E-state index contributed by atoms with van der Waals surface area (Å²) in [6, 6.07) is 11.8. The van der Waals surface area contributed by atoms with E-state index in [9.17, 15) is 0 Å². The highest BCUT2D eigenvalue weighted by Gasteiger charge is 2.13. The van der Waals surface area contributed by atoms with Crippen LogP contribution in [0.3, 0.4) is 0 Å². The van der Waals surface area contributed by atoms with Crippen LogP contribution in [-0.2, 0) is 0 Å². The first-order chi connectivity index (χ1) is 9.19. The van der Waals surface area contributed by atoms with E-state index < -0.39 is 0 Å². The SMILES string of the molecule is COc1c(Br)cc(C)cc1-n1nc2ccccc2n1. The Kier molecular flexibility index (Phi) is 2.98. The summed E-state index contributed by atoms with van der Waals surface area (Å²) in [4.78, 5) is 1.61. The molecule has 1 heterocycles. The minimum absolute atomic E-state index is 0.728. The van der Waals surface area contributed by atoms with E-state index in [2.05, 4.69) is 26.1 Å². The second-order valence-electron chi connectivity index (χ2n) is 4.28. The van der Waals surface area contributed by atoms with E-state index in [0.717, 1.165) is 32.5 Å². The predicted molar refractivity (Wildman–Crippen MR) is 77.9 cm³/mol. The van der Waals surface area contributed by atoms with Crippen molar-refractivity contribution < 1.29 is 4.74 Å². The topological polar surface area (TPSA) is 39.9 Å². The first kappa shape index (κ1) is 12.2. The molecule has 3 rings (SSSR count). The first-order valence-corrected chi connectivity index (χ1v) is 6.65. The molecule has 2 aromatic carbocycles. The molecule has 0 atom stereocenters. The maximum atomic E-state index is 5.43. The minimum atomic E-state index is 0.728. The zero-order valence-corrected chi connectivity index (χ0v) is 12.2. The average molecular weight is 318 g/mol. The third-order valence-corrected chi connectivity index (χ3v) is 3.46. The van der Waals surface area contributed by atoms with Crippen LogP contribution < -0.4 is 4.74 Å². The Hall–Kier alpha value is -1.88. The van der Waals surface area contributed by atoms with Gasteiger partial charge in [-0.25, -0.2) is 0 Å². The van der Waals surface area contributed by atoms with Gasteiger partial charge in [-0.1, -0.05) is 12.1 Å². The summed E-state index contributed by atoms with van der Waals surface area (Å²) in [5.74, 6) is 0.728. The number of aryl methyl sites for hydroxylation is 1. The lowest BCUT2D eigenvalue weighted by atomic mass is 10.2. The fourth-order valence-electron chi connectivity index (χ4n) is 2.03. The van der Waals surface area contributed by atoms with Crippen LogP contribution in [0.5, 0.6) is 5.75 Å². The highest BCUT2D eigenvalue weighted by Crippen LogP contribution is 2.32. The van der Waals surface area contributed by atoms with Crippen LogP contribution in [0, 0.1) is 6.92 Å². The number of hydrogen-bond acceptors (Lipinski definition) is 3. The molecule has 0 amide bonds. The number of ether oxygens (including phenoxy) is 1. The van der Waals surface area contributed by atoms with Gasteiger partial charge in [-0.15, -0.1) is 15.0 Å². The van der Waals surface area contributed by atoms with Gasteiger partial charge in [-0.2, -0.15) is 0 Å². The molecule has 0 aliphatic rings. The van der Waals surface area contributed by atoms with Crippen LogP contribution in [0.15, 0.2) is 40.9 Å². The molecule has 0 N–H and O–H groups in total.